The van der Waals surface area contributed by atoms with Crippen LogP contribution in [0.2, 0.25) is 0 Å². The van der Waals surface area contributed by atoms with Gasteiger partial charge in [0.2, 0.25) is 0 Å². The summed E-state index contributed by atoms with van der Waals surface area (Å²) in [6.07, 6.45) is 15.9. The van der Waals surface area contributed by atoms with Crippen LogP contribution < -0.4 is 0 Å². The Balaban J connectivity index is 1.96. The molecule has 0 spiro atoms. The summed E-state index contributed by atoms with van der Waals surface area (Å²) in [6.45, 7) is 2.25. The Morgan fingerprint density at radius 1 is 0.818 bits per heavy atom. The first-order valence-electron chi connectivity index (χ1n) is 9.61. The van der Waals surface area contributed by atoms with Crippen LogP contribution in [0.3, 0.4) is 0 Å². The van der Waals surface area contributed by atoms with Gasteiger partial charge < -0.3 is 10.2 Å². The SMILES string of the molecule is CCCCCCCCCCCC(O)C#CC(O)C1CCCC1. The third-order valence-electron chi connectivity index (χ3n) is 4.83. The molecule has 0 radical (unpaired) electrons. The van der Waals surface area contributed by atoms with Gasteiger partial charge in [-0.25, -0.2) is 0 Å². The van der Waals surface area contributed by atoms with E-state index in [9.17, 15) is 10.2 Å². The molecular weight excluding hydrogens is 272 g/mol. The quantitative estimate of drug-likeness (QED) is 0.424. The highest BCUT2D eigenvalue weighted by Gasteiger charge is 2.21. The second-order valence-corrected chi connectivity index (χ2v) is 6.91. The zero-order chi connectivity index (χ0) is 16.0. The fraction of sp³-hybridized carbons (Fsp3) is 0.900. The van der Waals surface area contributed by atoms with Crippen LogP contribution >= 0.6 is 0 Å². The zero-order valence-corrected chi connectivity index (χ0v) is 14.5. The lowest BCUT2D eigenvalue weighted by Gasteiger charge is -2.11. The second kappa shape index (κ2) is 13.0. The van der Waals surface area contributed by atoms with E-state index in [1.165, 1.54) is 64.2 Å². The van der Waals surface area contributed by atoms with E-state index >= 15 is 0 Å². The van der Waals surface area contributed by atoms with Crippen LogP contribution in [0.5, 0.6) is 0 Å². The standard InChI is InChI=1S/C20H36O2/c1-2-3-4-5-6-7-8-9-10-15-19(21)16-17-20(22)18-13-11-12-14-18/h18-22H,2-15H2,1H3. The largest absolute Gasteiger partial charge is 0.380 e. The Labute approximate surface area is 137 Å². The lowest BCUT2D eigenvalue weighted by atomic mass is 10.0. The van der Waals surface area contributed by atoms with Gasteiger partial charge >= 0.3 is 0 Å². The monoisotopic (exact) mass is 308 g/mol. The lowest BCUT2D eigenvalue weighted by Crippen LogP contribution is -2.16. The predicted molar refractivity (Wildman–Crippen MR) is 93.6 cm³/mol. The molecule has 0 aromatic heterocycles. The van der Waals surface area contributed by atoms with Crippen molar-refractivity contribution in [1.82, 2.24) is 0 Å². The fourth-order valence-electron chi connectivity index (χ4n) is 3.29. The van der Waals surface area contributed by atoms with Gasteiger partial charge in [-0.1, -0.05) is 83.0 Å². The van der Waals surface area contributed by atoms with Crippen molar-refractivity contribution in [2.45, 2.75) is 109 Å². The Morgan fingerprint density at radius 3 is 1.95 bits per heavy atom. The maximum atomic E-state index is 9.94. The van der Waals surface area contributed by atoms with E-state index in [4.69, 9.17) is 0 Å². The summed E-state index contributed by atoms with van der Waals surface area (Å²) < 4.78 is 0. The fourth-order valence-corrected chi connectivity index (χ4v) is 3.29. The van der Waals surface area contributed by atoms with Crippen LogP contribution in [0, 0.1) is 17.8 Å². The molecule has 2 nitrogen and oxygen atoms in total. The number of rotatable bonds is 11. The van der Waals surface area contributed by atoms with E-state index < -0.39 is 12.2 Å². The van der Waals surface area contributed by atoms with Crippen LogP contribution in [0.4, 0.5) is 0 Å². The Morgan fingerprint density at radius 2 is 1.36 bits per heavy atom. The van der Waals surface area contributed by atoms with Crippen molar-refractivity contribution in [3.8, 4) is 11.8 Å². The van der Waals surface area contributed by atoms with Gasteiger partial charge in [-0.2, -0.15) is 0 Å². The first kappa shape index (κ1) is 19.5. The third-order valence-corrected chi connectivity index (χ3v) is 4.83. The molecule has 0 heterocycles. The Hall–Kier alpha value is -0.520. The molecule has 128 valence electrons. The number of unbranched alkanes of at least 4 members (excludes halogenated alkanes) is 8. The molecular formula is C20H36O2. The molecule has 0 bridgehead atoms. The summed E-state index contributed by atoms with van der Waals surface area (Å²) in [7, 11) is 0. The van der Waals surface area contributed by atoms with Crippen LogP contribution in [0.15, 0.2) is 0 Å². The van der Waals surface area contributed by atoms with E-state index in [1.807, 2.05) is 0 Å². The van der Waals surface area contributed by atoms with Gasteiger partial charge in [-0.15, -0.1) is 0 Å². The number of aliphatic hydroxyl groups is 2. The molecule has 2 atom stereocenters. The summed E-state index contributed by atoms with van der Waals surface area (Å²) in [5.74, 6) is 6.04. The molecule has 1 saturated carbocycles. The molecule has 1 aliphatic rings. The molecule has 0 aromatic carbocycles. The van der Waals surface area contributed by atoms with E-state index in [0.29, 0.717) is 5.92 Å². The van der Waals surface area contributed by atoms with Gasteiger partial charge in [0.25, 0.3) is 0 Å². The van der Waals surface area contributed by atoms with Crippen molar-refractivity contribution in [2.75, 3.05) is 0 Å². The number of hydrogen-bond donors (Lipinski definition) is 2. The molecule has 2 N–H and O–H groups in total. The zero-order valence-electron chi connectivity index (χ0n) is 14.5. The topological polar surface area (TPSA) is 40.5 Å². The van der Waals surface area contributed by atoms with Crippen molar-refractivity contribution in [3.05, 3.63) is 0 Å². The maximum Gasteiger partial charge on any atom is 0.117 e. The predicted octanol–water partition coefficient (Wildman–Crippen LogP) is 4.82. The molecule has 1 fully saturated rings. The summed E-state index contributed by atoms with van der Waals surface area (Å²) >= 11 is 0. The van der Waals surface area contributed by atoms with Crippen LogP contribution in [-0.2, 0) is 0 Å². The van der Waals surface area contributed by atoms with Gasteiger partial charge in [-0.05, 0) is 31.6 Å². The van der Waals surface area contributed by atoms with Gasteiger partial charge in [-0.3, -0.25) is 0 Å². The van der Waals surface area contributed by atoms with Gasteiger partial charge in [0.05, 0.1) is 0 Å². The smallest absolute Gasteiger partial charge is 0.117 e. The highest BCUT2D eigenvalue weighted by molar-refractivity contribution is 5.10. The summed E-state index contributed by atoms with van der Waals surface area (Å²) in [4.78, 5) is 0. The van der Waals surface area contributed by atoms with Gasteiger partial charge in [0.1, 0.15) is 12.2 Å². The summed E-state index contributed by atoms with van der Waals surface area (Å²) in [6, 6.07) is 0. The molecule has 2 heteroatoms. The van der Waals surface area contributed by atoms with Crippen LogP contribution in [0.1, 0.15) is 96.8 Å². The van der Waals surface area contributed by atoms with Crippen molar-refractivity contribution in [1.29, 1.82) is 0 Å². The average Bonchev–Trinajstić information content (AvgIpc) is 3.05. The molecule has 1 aliphatic carbocycles. The number of hydrogen-bond acceptors (Lipinski definition) is 2. The van der Waals surface area contributed by atoms with E-state index in [-0.39, 0.29) is 0 Å². The molecule has 0 aromatic rings. The van der Waals surface area contributed by atoms with Gasteiger partial charge in [0.15, 0.2) is 0 Å². The lowest BCUT2D eigenvalue weighted by molar-refractivity contribution is 0.163. The normalized spacial score (nSPS) is 18.0. The van der Waals surface area contributed by atoms with Crippen molar-refractivity contribution < 1.29 is 10.2 Å². The van der Waals surface area contributed by atoms with E-state index in [2.05, 4.69) is 18.8 Å². The van der Waals surface area contributed by atoms with E-state index in [0.717, 1.165) is 25.7 Å². The minimum atomic E-state index is -0.555. The maximum absolute atomic E-state index is 9.94. The number of aliphatic hydroxyl groups excluding tert-OH is 2. The van der Waals surface area contributed by atoms with E-state index in [1.54, 1.807) is 0 Å². The summed E-state index contributed by atoms with van der Waals surface area (Å²) in [5, 5.41) is 19.8. The Bertz CT molecular complexity index is 309. The molecule has 0 amide bonds. The first-order chi connectivity index (χ1) is 10.7. The second-order valence-electron chi connectivity index (χ2n) is 6.91. The minimum Gasteiger partial charge on any atom is -0.380 e. The molecule has 0 aliphatic heterocycles. The molecule has 1 rings (SSSR count). The minimum absolute atomic E-state index is 0.340. The van der Waals surface area contributed by atoms with Crippen LogP contribution in [0.25, 0.3) is 0 Å². The molecule has 0 saturated heterocycles. The van der Waals surface area contributed by atoms with Crippen LogP contribution in [-0.4, -0.2) is 22.4 Å². The van der Waals surface area contributed by atoms with Crippen molar-refractivity contribution in [3.63, 3.8) is 0 Å². The third kappa shape index (κ3) is 9.49. The summed E-state index contributed by atoms with van der Waals surface area (Å²) in [5.41, 5.74) is 0. The Kier molecular flexibility index (Phi) is 11.5. The van der Waals surface area contributed by atoms with Crippen molar-refractivity contribution >= 4 is 0 Å². The molecule has 2 unspecified atom stereocenters. The first-order valence-corrected chi connectivity index (χ1v) is 9.61. The molecule has 22 heavy (non-hydrogen) atoms. The highest BCUT2D eigenvalue weighted by Crippen LogP contribution is 2.27. The highest BCUT2D eigenvalue weighted by atomic mass is 16.3. The average molecular weight is 309 g/mol. The van der Waals surface area contributed by atoms with Crippen molar-refractivity contribution in [2.24, 2.45) is 5.92 Å². The van der Waals surface area contributed by atoms with Gasteiger partial charge in [0, 0.05) is 0 Å².